The van der Waals surface area contributed by atoms with Crippen molar-refractivity contribution in [1.29, 1.82) is 0 Å². The van der Waals surface area contributed by atoms with Crippen molar-refractivity contribution >= 4 is 15.7 Å². The molecule has 0 amide bonds. The van der Waals surface area contributed by atoms with E-state index in [1.165, 1.54) is 29.2 Å². The first-order chi connectivity index (χ1) is 8.36. The number of aromatic nitrogens is 3. The van der Waals surface area contributed by atoms with E-state index in [1.54, 1.807) is 7.05 Å². The maximum absolute atomic E-state index is 11.4. The number of ether oxygens (including phenoxy) is 1. The van der Waals surface area contributed by atoms with Gasteiger partial charge in [0.2, 0.25) is 10.0 Å². The van der Waals surface area contributed by atoms with Gasteiger partial charge in [0.25, 0.3) is 0 Å². The highest BCUT2D eigenvalue weighted by molar-refractivity contribution is 7.89. The molecule has 1 aromatic heterocycles. The van der Waals surface area contributed by atoms with Crippen LogP contribution in [0.1, 0.15) is 0 Å². The molecule has 2 aromatic rings. The van der Waals surface area contributed by atoms with Crippen molar-refractivity contribution in [3.63, 3.8) is 0 Å². The summed E-state index contributed by atoms with van der Waals surface area (Å²) in [7, 11) is -2.28. The number of anilines is 1. The lowest BCUT2D eigenvalue weighted by molar-refractivity contribution is 0.427. The summed E-state index contributed by atoms with van der Waals surface area (Å²) in [4.78, 5) is 3.61. The summed E-state index contributed by atoms with van der Waals surface area (Å²) in [5, 5.41) is 8.94. The van der Waals surface area contributed by atoms with E-state index in [4.69, 9.17) is 15.6 Å². The molecule has 0 fully saturated rings. The van der Waals surface area contributed by atoms with E-state index < -0.39 is 10.0 Å². The van der Waals surface area contributed by atoms with Crippen molar-refractivity contribution in [2.45, 2.75) is 4.90 Å². The Morgan fingerprint density at radius 1 is 1.39 bits per heavy atom. The molecule has 1 heterocycles. The van der Waals surface area contributed by atoms with Gasteiger partial charge in [-0.25, -0.2) is 13.6 Å². The normalized spacial score (nSPS) is 11.4. The van der Waals surface area contributed by atoms with Gasteiger partial charge in [-0.05, 0) is 18.2 Å². The van der Waals surface area contributed by atoms with E-state index in [-0.39, 0.29) is 22.3 Å². The molecule has 18 heavy (non-hydrogen) atoms. The first-order valence-electron chi connectivity index (χ1n) is 4.82. The Balaban J connectivity index is 2.45. The summed E-state index contributed by atoms with van der Waals surface area (Å²) in [6.07, 6.45) is 1.42. The average Bonchev–Trinajstić information content (AvgIpc) is 2.65. The largest absolute Gasteiger partial charge is 0.422 e. The predicted molar refractivity (Wildman–Crippen MR) is 63.3 cm³/mol. The highest BCUT2D eigenvalue weighted by Gasteiger charge is 2.17. The molecule has 2 rings (SSSR count). The van der Waals surface area contributed by atoms with Crippen molar-refractivity contribution in [3.05, 3.63) is 24.5 Å². The molecule has 8 nitrogen and oxygen atoms in total. The van der Waals surface area contributed by atoms with Gasteiger partial charge in [-0.2, -0.15) is 4.98 Å². The van der Waals surface area contributed by atoms with Crippen LogP contribution in [0.2, 0.25) is 0 Å². The summed E-state index contributed by atoms with van der Waals surface area (Å²) in [6.45, 7) is 0. The summed E-state index contributed by atoms with van der Waals surface area (Å²) in [5.74, 6) is 0.0258. The van der Waals surface area contributed by atoms with Crippen LogP contribution in [0.4, 0.5) is 5.69 Å². The van der Waals surface area contributed by atoms with Crippen LogP contribution in [0.25, 0.3) is 0 Å². The Bertz CT molecular complexity index is 679. The average molecular weight is 269 g/mol. The third-order valence-corrected chi connectivity index (χ3v) is 2.99. The van der Waals surface area contributed by atoms with Gasteiger partial charge < -0.3 is 10.5 Å². The summed E-state index contributed by atoms with van der Waals surface area (Å²) >= 11 is 0. The van der Waals surface area contributed by atoms with Gasteiger partial charge in [0.1, 0.15) is 11.2 Å². The molecule has 4 N–H and O–H groups in total. The Morgan fingerprint density at radius 2 is 2.11 bits per heavy atom. The monoisotopic (exact) mass is 269 g/mol. The fraction of sp³-hybridized carbons (Fsp3) is 0.111. The van der Waals surface area contributed by atoms with Crippen molar-refractivity contribution < 1.29 is 13.2 Å². The van der Waals surface area contributed by atoms with Crippen LogP contribution >= 0.6 is 0 Å². The lowest BCUT2D eigenvalue weighted by Crippen LogP contribution is -2.13. The minimum absolute atomic E-state index is 0.0205. The van der Waals surface area contributed by atoms with Crippen molar-refractivity contribution in [1.82, 2.24) is 14.8 Å². The topological polar surface area (TPSA) is 126 Å². The molecule has 1 aromatic carbocycles. The fourth-order valence-corrected chi connectivity index (χ4v) is 1.99. The number of benzene rings is 1. The molecular weight excluding hydrogens is 258 g/mol. The van der Waals surface area contributed by atoms with E-state index in [0.29, 0.717) is 0 Å². The van der Waals surface area contributed by atoms with Crippen LogP contribution in [0.15, 0.2) is 29.4 Å². The molecule has 96 valence electrons. The fourth-order valence-electron chi connectivity index (χ4n) is 1.30. The number of nitrogen functional groups attached to an aromatic ring is 1. The second-order valence-corrected chi connectivity index (χ2v) is 5.08. The number of rotatable bonds is 3. The molecule has 9 heteroatoms. The van der Waals surface area contributed by atoms with E-state index in [0.717, 1.165) is 0 Å². The van der Waals surface area contributed by atoms with Gasteiger partial charge in [0.15, 0.2) is 5.75 Å². The van der Waals surface area contributed by atoms with Gasteiger partial charge >= 0.3 is 6.01 Å². The van der Waals surface area contributed by atoms with E-state index in [2.05, 4.69) is 10.1 Å². The van der Waals surface area contributed by atoms with Crippen LogP contribution in [-0.4, -0.2) is 23.2 Å². The predicted octanol–water partition coefficient (Wildman–Crippen LogP) is -0.163. The van der Waals surface area contributed by atoms with Crippen LogP contribution in [0, 0.1) is 0 Å². The molecular formula is C9H11N5O3S. The molecule has 0 saturated carbocycles. The van der Waals surface area contributed by atoms with Crippen LogP contribution in [0.5, 0.6) is 11.8 Å². The van der Waals surface area contributed by atoms with E-state index in [9.17, 15) is 8.42 Å². The third kappa shape index (κ3) is 2.57. The molecule has 0 aliphatic carbocycles. The molecule has 0 unspecified atom stereocenters. The van der Waals surface area contributed by atoms with Crippen molar-refractivity contribution in [2.24, 2.45) is 12.2 Å². The van der Waals surface area contributed by atoms with Crippen molar-refractivity contribution in [3.8, 4) is 11.8 Å². The first-order valence-corrected chi connectivity index (χ1v) is 6.37. The molecule has 0 atom stereocenters. The number of hydrogen-bond acceptors (Lipinski definition) is 6. The highest BCUT2D eigenvalue weighted by atomic mass is 32.2. The molecule has 0 aliphatic rings. The first kappa shape index (κ1) is 12.3. The minimum Gasteiger partial charge on any atom is -0.422 e. The third-order valence-electron chi connectivity index (χ3n) is 2.05. The lowest BCUT2D eigenvalue weighted by atomic mass is 10.3. The Hall–Kier alpha value is -2.13. The van der Waals surface area contributed by atoms with Gasteiger partial charge in [0, 0.05) is 12.7 Å². The highest BCUT2D eigenvalue weighted by Crippen LogP contribution is 2.28. The number of nitrogens with two attached hydrogens (primary N) is 2. The standard InChI is InChI=1S/C9H11N5O3S/c1-14-5-12-9(13-14)17-7-3-2-6(10)4-8(7)18(11,15)16/h2-5H,10H2,1H3,(H2,11,15,16). The van der Waals surface area contributed by atoms with Gasteiger partial charge in [-0.15, -0.1) is 5.10 Å². The quantitative estimate of drug-likeness (QED) is 0.745. The lowest BCUT2D eigenvalue weighted by Gasteiger charge is -2.07. The number of nitrogens with zero attached hydrogens (tertiary/aromatic N) is 3. The van der Waals surface area contributed by atoms with Gasteiger partial charge in [0.05, 0.1) is 0 Å². The maximum Gasteiger partial charge on any atom is 0.341 e. The molecule has 0 bridgehead atoms. The maximum atomic E-state index is 11.4. The van der Waals surface area contributed by atoms with Gasteiger partial charge in [-0.3, -0.25) is 4.68 Å². The van der Waals surface area contributed by atoms with Crippen LogP contribution < -0.4 is 15.6 Å². The summed E-state index contributed by atoms with van der Waals surface area (Å²) in [5.41, 5.74) is 5.77. The minimum atomic E-state index is -3.94. The Morgan fingerprint density at radius 3 is 2.67 bits per heavy atom. The Labute approximate surface area is 103 Å². The number of sulfonamides is 1. The summed E-state index contributed by atoms with van der Waals surface area (Å²) < 4.78 is 29.5. The number of hydrogen-bond donors (Lipinski definition) is 2. The molecule has 0 spiro atoms. The number of primary sulfonamides is 1. The summed E-state index contributed by atoms with van der Waals surface area (Å²) in [6, 6.07) is 4.12. The molecule has 0 aliphatic heterocycles. The number of aryl methyl sites for hydroxylation is 1. The zero-order valence-corrected chi connectivity index (χ0v) is 10.3. The van der Waals surface area contributed by atoms with Gasteiger partial charge in [-0.1, -0.05) is 0 Å². The molecule has 0 radical (unpaired) electrons. The van der Waals surface area contributed by atoms with Crippen molar-refractivity contribution in [2.75, 3.05) is 5.73 Å². The SMILES string of the molecule is Cn1cnc(Oc2ccc(N)cc2S(N)(=O)=O)n1. The molecule has 0 saturated heterocycles. The van der Waals surface area contributed by atoms with Crippen LogP contribution in [0.3, 0.4) is 0 Å². The zero-order valence-electron chi connectivity index (χ0n) is 9.44. The second-order valence-electron chi connectivity index (χ2n) is 3.55. The zero-order chi connectivity index (χ0) is 13.3. The van der Waals surface area contributed by atoms with Crippen LogP contribution in [-0.2, 0) is 17.1 Å². The Kier molecular flexibility index (Phi) is 2.93. The van der Waals surface area contributed by atoms with E-state index >= 15 is 0 Å². The second kappa shape index (κ2) is 4.27. The van der Waals surface area contributed by atoms with E-state index in [1.807, 2.05) is 0 Å². The smallest absolute Gasteiger partial charge is 0.341 e.